The van der Waals surface area contributed by atoms with Gasteiger partial charge in [0.15, 0.2) is 16.8 Å². The Balaban J connectivity index is 1.37. The van der Waals surface area contributed by atoms with Crippen LogP contribution in [-0.2, 0) is 14.1 Å². The Kier molecular flexibility index (Phi) is 5.73. The van der Waals surface area contributed by atoms with Crippen molar-refractivity contribution in [3.05, 3.63) is 107 Å². The molecule has 0 bridgehead atoms. The van der Waals surface area contributed by atoms with Gasteiger partial charge < -0.3 is 0 Å². The molecular formula is C29H23N5O2S. The first-order valence-corrected chi connectivity index (χ1v) is 12.8. The zero-order chi connectivity index (χ0) is 25.5. The Labute approximate surface area is 217 Å². The number of thioether (sulfide) groups is 1. The van der Waals surface area contributed by atoms with Gasteiger partial charge in [-0.1, -0.05) is 72.4 Å². The summed E-state index contributed by atoms with van der Waals surface area (Å²) in [4.78, 5) is 25.5. The van der Waals surface area contributed by atoms with E-state index in [0.717, 1.165) is 38.9 Å². The molecule has 0 unspecified atom stereocenters. The molecule has 0 atom stereocenters. The summed E-state index contributed by atoms with van der Waals surface area (Å²) in [6.07, 6.45) is 0. The van der Waals surface area contributed by atoms with Gasteiger partial charge in [0, 0.05) is 30.9 Å². The molecule has 2 heterocycles. The lowest BCUT2D eigenvalue weighted by molar-refractivity contribution is 0.102. The molecule has 0 aliphatic heterocycles. The van der Waals surface area contributed by atoms with Gasteiger partial charge in [0.05, 0.1) is 16.8 Å². The van der Waals surface area contributed by atoms with E-state index in [0.29, 0.717) is 10.7 Å². The standard InChI is InChI=1S/C29H23N5O2S/c1-32-24-16-15-20(17-25(24)33(2)29(32)36)26(35)18-37-28-31-30-27(34(28)21-11-4-3-5-12-21)23-14-8-10-19-9-6-7-13-22(19)23/h3-17H,18H2,1-2H3. The van der Waals surface area contributed by atoms with Crippen LogP contribution in [0.3, 0.4) is 0 Å². The van der Waals surface area contributed by atoms with Crippen LogP contribution in [0.25, 0.3) is 38.9 Å². The summed E-state index contributed by atoms with van der Waals surface area (Å²) in [6.45, 7) is 0. The number of imidazole rings is 1. The van der Waals surface area contributed by atoms with Gasteiger partial charge in [0.1, 0.15) is 0 Å². The van der Waals surface area contributed by atoms with E-state index in [2.05, 4.69) is 28.4 Å². The van der Waals surface area contributed by atoms with Crippen molar-refractivity contribution in [2.75, 3.05) is 5.75 Å². The van der Waals surface area contributed by atoms with Crippen LogP contribution >= 0.6 is 11.8 Å². The first kappa shape index (κ1) is 23.0. The highest BCUT2D eigenvalue weighted by Crippen LogP contribution is 2.32. The number of Topliss-reactive ketones (excluding diaryl/α,β-unsaturated/α-hetero) is 1. The molecule has 0 amide bonds. The third-order valence-corrected chi connectivity index (χ3v) is 7.53. The lowest BCUT2D eigenvalue weighted by Crippen LogP contribution is -2.19. The first-order valence-electron chi connectivity index (χ1n) is 11.8. The van der Waals surface area contributed by atoms with Crippen LogP contribution in [0.1, 0.15) is 10.4 Å². The summed E-state index contributed by atoms with van der Waals surface area (Å²) in [5.74, 6) is 0.864. The number of hydrogen-bond donors (Lipinski definition) is 0. The predicted molar refractivity (Wildman–Crippen MR) is 148 cm³/mol. The topological polar surface area (TPSA) is 74.7 Å². The molecule has 0 spiro atoms. The molecular weight excluding hydrogens is 482 g/mol. The molecule has 0 aliphatic rings. The predicted octanol–water partition coefficient (Wildman–Crippen LogP) is 5.25. The number of para-hydroxylation sites is 1. The van der Waals surface area contributed by atoms with Gasteiger partial charge in [-0.25, -0.2) is 4.79 Å². The molecule has 0 fully saturated rings. The van der Waals surface area contributed by atoms with Gasteiger partial charge in [-0.3, -0.25) is 18.5 Å². The van der Waals surface area contributed by atoms with Crippen molar-refractivity contribution in [2.45, 2.75) is 5.16 Å². The third kappa shape index (κ3) is 3.95. The number of aromatic nitrogens is 5. The largest absolute Gasteiger partial charge is 0.328 e. The van der Waals surface area contributed by atoms with E-state index >= 15 is 0 Å². The fourth-order valence-electron chi connectivity index (χ4n) is 4.66. The Morgan fingerprint density at radius 3 is 2.38 bits per heavy atom. The van der Waals surface area contributed by atoms with E-state index in [1.165, 1.54) is 11.8 Å². The summed E-state index contributed by atoms with van der Waals surface area (Å²) >= 11 is 1.35. The maximum Gasteiger partial charge on any atom is 0.328 e. The molecule has 0 radical (unpaired) electrons. The van der Waals surface area contributed by atoms with Crippen LogP contribution in [0, 0.1) is 0 Å². The maximum absolute atomic E-state index is 13.2. The molecule has 7 nitrogen and oxygen atoms in total. The monoisotopic (exact) mass is 505 g/mol. The zero-order valence-corrected chi connectivity index (χ0v) is 21.1. The molecule has 0 saturated carbocycles. The van der Waals surface area contributed by atoms with Crippen LogP contribution in [0.4, 0.5) is 0 Å². The smallest absolute Gasteiger partial charge is 0.295 e. The van der Waals surface area contributed by atoms with Crippen LogP contribution in [0.15, 0.2) is 101 Å². The average Bonchev–Trinajstić information content (AvgIpc) is 3.46. The van der Waals surface area contributed by atoms with Gasteiger partial charge in [-0.05, 0) is 41.1 Å². The second-order valence-electron chi connectivity index (χ2n) is 8.82. The Hall–Kier alpha value is -4.43. The van der Waals surface area contributed by atoms with Gasteiger partial charge in [0.25, 0.3) is 0 Å². The Morgan fingerprint density at radius 1 is 0.811 bits per heavy atom. The van der Waals surface area contributed by atoms with E-state index < -0.39 is 0 Å². The second-order valence-corrected chi connectivity index (χ2v) is 9.76. The molecule has 4 aromatic carbocycles. The Morgan fingerprint density at radius 2 is 1.54 bits per heavy atom. The average molecular weight is 506 g/mol. The van der Waals surface area contributed by atoms with Crippen molar-refractivity contribution < 1.29 is 4.79 Å². The van der Waals surface area contributed by atoms with Crippen molar-refractivity contribution in [1.82, 2.24) is 23.9 Å². The lowest BCUT2D eigenvalue weighted by atomic mass is 10.0. The minimum atomic E-state index is -0.120. The van der Waals surface area contributed by atoms with Crippen molar-refractivity contribution in [2.24, 2.45) is 14.1 Å². The molecule has 6 rings (SSSR count). The lowest BCUT2D eigenvalue weighted by Gasteiger charge is -2.12. The van der Waals surface area contributed by atoms with E-state index in [4.69, 9.17) is 0 Å². The summed E-state index contributed by atoms with van der Waals surface area (Å²) in [5.41, 5.74) is 3.86. The van der Waals surface area contributed by atoms with E-state index in [1.807, 2.05) is 65.2 Å². The van der Waals surface area contributed by atoms with Crippen LogP contribution < -0.4 is 5.69 Å². The van der Waals surface area contributed by atoms with Gasteiger partial charge in [-0.15, -0.1) is 10.2 Å². The molecule has 0 saturated heterocycles. The fraction of sp³-hybridized carbons (Fsp3) is 0.103. The van der Waals surface area contributed by atoms with E-state index in [9.17, 15) is 9.59 Å². The van der Waals surface area contributed by atoms with Gasteiger partial charge >= 0.3 is 5.69 Å². The minimum Gasteiger partial charge on any atom is -0.295 e. The number of fused-ring (bicyclic) bond motifs is 2. The summed E-state index contributed by atoms with van der Waals surface area (Å²) in [6, 6.07) is 29.6. The highest BCUT2D eigenvalue weighted by molar-refractivity contribution is 7.99. The van der Waals surface area contributed by atoms with Crippen LogP contribution in [0.2, 0.25) is 0 Å². The normalized spacial score (nSPS) is 11.4. The number of rotatable bonds is 6. The molecule has 37 heavy (non-hydrogen) atoms. The van der Waals surface area contributed by atoms with Gasteiger partial charge in [-0.2, -0.15) is 0 Å². The molecule has 2 aromatic heterocycles. The number of carbonyl (C=O) groups is 1. The number of carbonyl (C=O) groups excluding carboxylic acids is 1. The maximum atomic E-state index is 13.2. The fourth-order valence-corrected chi connectivity index (χ4v) is 5.51. The summed E-state index contributed by atoms with van der Waals surface area (Å²) in [7, 11) is 3.44. The van der Waals surface area contributed by atoms with Crippen molar-refractivity contribution >= 4 is 39.4 Å². The highest BCUT2D eigenvalue weighted by Gasteiger charge is 2.20. The number of nitrogens with zero attached hydrogens (tertiary/aromatic N) is 5. The Bertz CT molecular complexity index is 1840. The minimum absolute atomic E-state index is 0.0440. The van der Waals surface area contributed by atoms with Crippen molar-refractivity contribution in [3.8, 4) is 17.1 Å². The molecule has 0 N–H and O–H groups in total. The second kappa shape index (κ2) is 9.22. The van der Waals surface area contributed by atoms with Crippen molar-refractivity contribution in [3.63, 3.8) is 0 Å². The quantitative estimate of drug-likeness (QED) is 0.228. The molecule has 0 aliphatic carbocycles. The summed E-state index contributed by atoms with van der Waals surface area (Å²) in [5, 5.41) is 11.9. The number of hydrogen-bond acceptors (Lipinski definition) is 5. The molecule has 182 valence electrons. The zero-order valence-electron chi connectivity index (χ0n) is 20.3. The number of ketones is 1. The van der Waals surface area contributed by atoms with Crippen LogP contribution in [0.5, 0.6) is 0 Å². The van der Waals surface area contributed by atoms with E-state index in [1.54, 1.807) is 35.4 Å². The van der Waals surface area contributed by atoms with Gasteiger partial charge in [0.2, 0.25) is 0 Å². The number of benzene rings is 4. The molecule has 8 heteroatoms. The van der Waals surface area contributed by atoms with E-state index in [-0.39, 0.29) is 17.2 Å². The first-order chi connectivity index (χ1) is 18.0. The third-order valence-electron chi connectivity index (χ3n) is 6.60. The SMILES string of the molecule is Cn1c(=O)n(C)c2cc(C(=O)CSc3nnc(-c4cccc5ccccc45)n3-c3ccccc3)ccc21. The van der Waals surface area contributed by atoms with Crippen molar-refractivity contribution in [1.29, 1.82) is 0 Å². The highest BCUT2D eigenvalue weighted by atomic mass is 32.2. The van der Waals surface area contributed by atoms with Crippen LogP contribution in [-0.4, -0.2) is 35.4 Å². The summed E-state index contributed by atoms with van der Waals surface area (Å²) < 4.78 is 5.14. The number of aryl methyl sites for hydroxylation is 2. The molecule has 6 aromatic rings.